The number of halogens is 3. The van der Waals surface area contributed by atoms with Crippen LogP contribution in [0.1, 0.15) is 36.9 Å². The van der Waals surface area contributed by atoms with E-state index >= 15 is 0 Å². The number of pyridine rings is 1. The number of rotatable bonds is 2. The van der Waals surface area contributed by atoms with Crippen molar-refractivity contribution in [3.8, 4) is 11.9 Å². The van der Waals surface area contributed by atoms with Crippen LogP contribution in [-0.4, -0.2) is 17.1 Å². The molecule has 2 N–H and O–H groups in total. The summed E-state index contributed by atoms with van der Waals surface area (Å²) in [5, 5.41) is 8.91. The van der Waals surface area contributed by atoms with Gasteiger partial charge in [0.1, 0.15) is 23.4 Å². The van der Waals surface area contributed by atoms with Gasteiger partial charge in [0, 0.05) is 6.04 Å². The fourth-order valence-electron chi connectivity index (χ4n) is 2.14. The van der Waals surface area contributed by atoms with Crippen LogP contribution in [-0.2, 0) is 6.18 Å². The molecule has 1 aliphatic rings. The van der Waals surface area contributed by atoms with E-state index in [2.05, 4.69) is 4.98 Å². The molecule has 1 saturated carbocycles. The quantitative estimate of drug-likeness (QED) is 0.906. The van der Waals surface area contributed by atoms with Gasteiger partial charge in [-0.2, -0.15) is 18.4 Å². The van der Waals surface area contributed by atoms with Crippen molar-refractivity contribution in [3.05, 3.63) is 23.4 Å². The average molecular weight is 285 g/mol. The van der Waals surface area contributed by atoms with Crippen LogP contribution in [0.25, 0.3) is 0 Å². The minimum atomic E-state index is -4.55. The summed E-state index contributed by atoms with van der Waals surface area (Å²) in [7, 11) is 0. The molecule has 7 heteroatoms. The van der Waals surface area contributed by atoms with Crippen LogP contribution in [0.15, 0.2) is 12.1 Å². The fourth-order valence-corrected chi connectivity index (χ4v) is 2.14. The van der Waals surface area contributed by atoms with Crippen molar-refractivity contribution in [1.82, 2.24) is 4.98 Å². The Kier molecular flexibility index (Phi) is 4.14. The van der Waals surface area contributed by atoms with Crippen LogP contribution in [0.2, 0.25) is 0 Å². The van der Waals surface area contributed by atoms with Gasteiger partial charge in [0.2, 0.25) is 5.88 Å². The Bertz CT molecular complexity index is 517. The minimum Gasteiger partial charge on any atom is -0.473 e. The van der Waals surface area contributed by atoms with Gasteiger partial charge in [-0.25, -0.2) is 4.98 Å². The zero-order chi connectivity index (χ0) is 14.8. The number of hydrogen-bond donors (Lipinski definition) is 1. The van der Waals surface area contributed by atoms with Crippen molar-refractivity contribution in [1.29, 1.82) is 5.26 Å². The third-order valence-corrected chi connectivity index (χ3v) is 3.27. The van der Waals surface area contributed by atoms with E-state index in [1.165, 1.54) is 0 Å². The van der Waals surface area contributed by atoms with Gasteiger partial charge in [0.25, 0.3) is 0 Å². The summed E-state index contributed by atoms with van der Waals surface area (Å²) in [6.45, 7) is 0. The highest BCUT2D eigenvalue weighted by atomic mass is 19.4. The van der Waals surface area contributed by atoms with E-state index in [4.69, 9.17) is 15.7 Å². The van der Waals surface area contributed by atoms with E-state index < -0.39 is 11.9 Å². The third kappa shape index (κ3) is 3.39. The van der Waals surface area contributed by atoms with E-state index in [9.17, 15) is 13.2 Å². The molecule has 2 rings (SSSR count). The molecule has 0 saturated heterocycles. The number of alkyl halides is 3. The summed E-state index contributed by atoms with van der Waals surface area (Å²) < 4.78 is 43.3. The molecule has 0 atom stereocenters. The maximum Gasteiger partial charge on any atom is 0.433 e. The van der Waals surface area contributed by atoms with Gasteiger partial charge in [0.15, 0.2) is 0 Å². The Morgan fingerprint density at radius 3 is 2.45 bits per heavy atom. The largest absolute Gasteiger partial charge is 0.473 e. The number of nitrogens with two attached hydrogens (primary N) is 1. The van der Waals surface area contributed by atoms with Crippen LogP contribution in [0.5, 0.6) is 5.88 Å². The van der Waals surface area contributed by atoms with Crippen LogP contribution in [0.4, 0.5) is 13.2 Å². The first-order valence-corrected chi connectivity index (χ1v) is 6.30. The van der Waals surface area contributed by atoms with Crippen molar-refractivity contribution < 1.29 is 17.9 Å². The monoisotopic (exact) mass is 285 g/mol. The molecule has 0 amide bonds. The highest BCUT2D eigenvalue weighted by molar-refractivity contribution is 5.39. The summed E-state index contributed by atoms with van der Waals surface area (Å²) in [6.07, 6.45) is -1.97. The molecule has 0 spiro atoms. The summed E-state index contributed by atoms with van der Waals surface area (Å²) in [5.74, 6) is -0.247. The van der Waals surface area contributed by atoms with Gasteiger partial charge in [-0.3, -0.25) is 0 Å². The molecular formula is C13H14F3N3O. The number of nitriles is 1. The standard InChI is InChI=1S/C13H14F3N3O/c14-13(15,16)11-6-1-8(7-17)12(19-11)20-10-4-2-9(18)3-5-10/h1,6,9-10H,2-5,18H2. The van der Waals surface area contributed by atoms with Crippen LogP contribution in [0.3, 0.4) is 0 Å². The Morgan fingerprint density at radius 1 is 1.25 bits per heavy atom. The second kappa shape index (κ2) is 5.67. The van der Waals surface area contributed by atoms with Crippen molar-refractivity contribution >= 4 is 0 Å². The maximum atomic E-state index is 12.6. The maximum absolute atomic E-state index is 12.6. The molecular weight excluding hydrogens is 271 g/mol. The highest BCUT2D eigenvalue weighted by Crippen LogP contribution is 2.31. The van der Waals surface area contributed by atoms with E-state index in [0.29, 0.717) is 12.8 Å². The Balaban J connectivity index is 2.19. The molecule has 4 nitrogen and oxygen atoms in total. The Labute approximate surface area is 114 Å². The van der Waals surface area contributed by atoms with Gasteiger partial charge < -0.3 is 10.5 Å². The van der Waals surface area contributed by atoms with Crippen molar-refractivity contribution in [2.45, 2.75) is 44.0 Å². The molecule has 1 heterocycles. The average Bonchev–Trinajstić information content (AvgIpc) is 2.40. The van der Waals surface area contributed by atoms with E-state index in [1.54, 1.807) is 6.07 Å². The molecule has 0 aliphatic heterocycles. The van der Waals surface area contributed by atoms with Crippen LogP contribution < -0.4 is 10.5 Å². The third-order valence-electron chi connectivity index (χ3n) is 3.27. The van der Waals surface area contributed by atoms with Crippen molar-refractivity contribution in [2.75, 3.05) is 0 Å². The molecule has 0 radical (unpaired) electrons. The van der Waals surface area contributed by atoms with Gasteiger partial charge >= 0.3 is 6.18 Å². The van der Waals surface area contributed by atoms with Gasteiger partial charge in [0.05, 0.1) is 0 Å². The van der Waals surface area contributed by atoms with E-state index in [0.717, 1.165) is 25.0 Å². The Morgan fingerprint density at radius 2 is 1.90 bits per heavy atom. The molecule has 0 unspecified atom stereocenters. The lowest BCUT2D eigenvalue weighted by molar-refractivity contribution is -0.141. The first-order chi connectivity index (χ1) is 9.40. The smallest absolute Gasteiger partial charge is 0.433 e. The fraction of sp³-hybridized carbons (Fsp3) is 0.538. The SMILES string of the molecule is N#Cc1ccc(C(F)(F)F)nc1OC1CCC(N)CC1. The lowest BCUT2D eigenvalue weighted by Gasteiger charge is -2.26. The van der Waals surface area contributed by atoms with E-state index in [-0.39, 0.29) is 23.6 Å². The molecule has 0 bridgehead atoms. The zero-order valence-electron chi connectivity index (χ0n) is 10.7. The van der Waals surface area contributed by atoms with Crippen molar-refractivity contribution in [2.24, 2.45) is 5.73 Å². The molecule has 0 aromatic carbocycles. The summed E-state index contributed by atoms with van der Waals surface area (Å²) in [6, 6.07) is 3.77. The first kappa shape index (κ1) is 14.6. The second-order valence-electron chi connectivity index (χ2n) is 4.81. The second-order valence-corrected chi connectivity index (χ2v) is 4.81. The number of nitrogens with zero attached hydrogens (tertiary/aromatic N) is 2. The minimum absolute atomic E-state index is 0.00729. The topological polar surface area (TPSA) is 71.9 Å². The predicted molar refractivity (Wildman–Crippen MR) is 64.8 cm³/mol. The van der Waals surface area contributed by atoms with Crippen LogP contribution in [0, 0.1) is 11.3 Å². The van der Waals surface area contributed by atoms with Gasteiger partial charge in [-0.1, -0.05) is 0 Å². The number of aromatic nitrogens is 1. The summed E-state index contributed by atoms with van der Waals surface area (Å²) in [5.41, 5.74) is 4.71. The zero-order valence-corrected chi connectivity index (χ0v) is 10.7. The van der Waals surface area contributed by atoms with Gasteiger partial charge in [-0.15, -0.1) is 0 Å². The predicted octanol–water partition coefficient (Wildman–Crippen LogP) is 2.62. The Hall–Kier alpha value is -1.81. The summed E-state index contributed by atoms with van der Waals surface area (Å²) >= 11 is 0. The number of hydrogen-bond acceptors (Lipinski definition) is 4. The normalized spacial score (nSPS) is 23.1. The van der Waals surface area contributed by atoms with Gasteiger partial charge in [-0.05, 0) is 37.8 Å². The molecule has 108 valence electrons. The number of ether oxygens (including phenoxy) is 1. The molecule has 1 aliphatic carbocycles. The molecule has 1 aromatic rings. The highest BCUT2D eigenvalue weighted by Gasteiger charge is 2.33. The lowest BCUT2D eigenvalue weighted by Crippen LogP contribution is -2.32. The van der Waals surface area contributed by atoms with Crippen LogP contribution >= 0.6 is 0 Å². The van der Waals surface area contributed by atoms with E-state index in [1.807, 2.05) is 0 Å². The molecule has 1 fully saturated rings. The summed E-state index contributed by atoms with van der Waals surface area (Å²) in [4.78, 5) is 3.43. The molecule has 20 heavy (non-hydrogen) atoms. The van der Waals surface area contributed by atoms with Crippen molar-refractivity contribution in [3.63, 3.8) is 0 Å². The molecule has 1 aromatic heterocycles. The first-order valence-electron chi connectivity index (χ1n) is 6.30. The lowest BCUT2D eigenvalue weighted by atomic mass is 9.94.